The molecule has 1 saturated heterocycles. The Hall–Kier alpha value is -1.51. The number of anilines is 1. The lowest BCUT2D eigenvalue weighted by Crippen LogP contribution is -2.47. The van der Waals surface area contributed by atoms with E-state index in [1.54, 1.807) is 0 Å². The molecule has 1 aromatic rings. The van der Waals surface area contributed by atoms with E-state index in [9.17, 15) is 4.79 Å². The number of carbonyl (C=O) groups is 1. The molecule has 74 valence electrons. The van der Waals surface area contributed by atoms with Gasteiger partial charge in [-0.15, -0.1) is 0 Å². The van der Waals surface area contributed by atoms with Crippen molar-refractivity contribution in [1.82, 2.24) is 5.32 Å². The van der Waals surface area contributed by atoms with Crippen LogP contribution in [0.4, 0.5) is 5.69 Å². The predicted molar refractivity (Wildman–Crippen MR) is 56.4 cm³/mol. The Morgan fingerprint density at radius 3 is 2.64 bits per heavy atom. The lowest BCUT2D eigenvalue weighted by atomic mass is 10.2. The van der Waals surface area contributed by atoms with E-state index in [4.69, 9.17) is 0 Å². The number of aryl methyl sites for hydroxylation is 1. The maximum atomic E-state index is 11.2. The van der Waals surface area contributed by atoms with Gasteiger partial charge in [0.15, 0.2) is 0 Å². The van der Waals surface area contributed by atoms with Gasteiger partial charge in [-0.1, -0.05) is 17.7 Å². The Morgan fingerprint density at radius 2 is 2.00 bits per heavy atom. The number of rotatable bonds is 1. The van der Waals surface area contributed by atoms with Crippen LogP contribution >= 0.6 is 0 Å². The van der Waals surface area contributed by atoms with Crippen LogP contribution in [0.3, 0.4) is 0 Å². The summed E-state index contributed by atoms with van der Waals surface area (Å²) < 4.78 is 0. The molecule has 3 nitrogen and oxygen atoms in total. The number of benzene rings is 1. The smallest absolute Gasteiger partial charge is 0.239 e. The van der Waals surface area contributed by atoms with Gasteiger partial charge in [0, 0.05) is 18.8 Å². The molecular weight excluding hydrogens is 176 g/mol. The summed E-state index contributed by atoms with van der Waals surface area (Å²) in [6.45, 7) is 4.18. The van der Waals surface area contributed by atoms with Crippen molar-refractivity contribution in [3.8, 4) is 0 Å². The lowest BCUT2D eigenvalue weighted by molar-refractivity contribution is -0.120. The van der Waals surface area contributed by atoms with E-state index >= 15 is 0 Å². The first-order chi connectivity index (χ1) is 6.75. The minimum atomic E-state index is 0.108. The topological polar surface area (TPSA) is 32.3 Å². The third-order valence-corrected chi connectivity index (χ3v) is 2.44. The Morgan fingerprint density at radius 1 is 1.29 bits per heavy atom. The largest absolute Gasteiger partial charge is 0.360 e. The molecule has 0 aliphatic carbocycles. The van der Waals surface area contributed by atoms with Crippen LogP contribution in [0.15, 0.2) is 24.3 Å². The second-order valence-corrected chi connectivity index (χ2v) is 3.61. The Bertz CT molecular complexity index is 332. The average Bonchev–Trinajstić information content (AvgIpc) is 2.19. The molecule has 1 aromatic carbocycles. The number of hydrogen-bond acceptors (Lipinski definition) is 2. The quantitative estimate of drug-likeness (QED) is 0.714. The zero-order valence-electron chi connectivity index (χ0n) is 8.29. The van der Waals surface area contributed by atoms with Crippen molar-refractivity contribution in [1.29, 1.82) is 0 Å². The average molecular weight is 190 g/mol. The number of nitrogens with zero attached hydrogens (tertiary/aromatic N) is 1. The van der Waals surface area contributed by atoms with Gasteiger partial charge in [-0.25, -0.2) is 0 Å². The second-order valence-electron chi connectivity index (χ2n) is 3.61. The van der Waals surface area contributed by atoms with Crippen molar-refractivity contribution in [2.75, 3.05) is 24.5 Å². The van der Waals surface area contributed by atoms with Crippen molar-refractivity contribution in [3.63, 3.8) is 0 Å². The summed E-state index contributed by atoms with van der Waals surface area (Å²) in [5.41, 5.74) is 2.38. The van der Waals surface area contributed by atoms with Gasteiger partial charge >= 0.3 is 0 Å². The lowest BCUT2D eigenvalue weighted by Gasteiger charge is -2.28. The van der Waals surface area contributed by atoms with Crippen LogP contribution in [0.5, 0.6) is 0 Å². The molecule has 3 heteroatoms. The maximum absolute atomic E-state index is 11.2. The Labute approximate surface area is 83.7 Å². The van der Waals surface area contributed by atoms with Crippen molar-refractivity contribution >= 4 is 11.6 Å². The van der Waals surface area contributed by atoms with Crippen LogP contribution in [-0.4, -0.2) is 25.5 Å². The van der Waals surface area contributed by atoms with E-state index in [2.05, 4.69) is 41.4 Å². The van der Waals surface area contributed by atoms with E-state index < -0.39 is 0 Å². The molecule has 1 aliphatic rings. The molecule has 14 heavy (non-hydrogen) atoms. The normalized spacial score (nSPS) is 16.6. The first-order valence-electron chi connectivity index (χ1n) is 4.84. The molecule has 0 spiro atoms. The predicted octanol–water partition coefficient (Wildman–Crippen LogP) is 0.931. The molecule has 0 bridgehead atoms. The molecule has 0 saturated carbocycles. The molecule has 1 amide bonds. The molecule has 1 heterocycles. The Balaban J connectivity index is 2.14. The fraction of sp³-hybridized carbons (Fsp3) is 0.364. The van der Waals surface area contributed by atoms with E-state index in [-0.39, 0.29) is 5.91 Å². The monoisotopic (exact) mass is 190 g/mol. The fourth-order valence-corrected chi connectivity index (χ4v) is 1.61. The maximum Gasteiger partial charge on any atom is 0.239 e. The number of piperazine rings is 1. The van der Waals surface area contributed by atoms with Crippen molar-refractivity contribution < 1.29 is 4.79 Å². The van der Waals surface area contributed by atoms with E-state index in [0.717, 1.165) is 18.8 Å². The molecule has 0 unspecified atom stereocenters. The van der Waals surface area contributed by atoms with Crippen LogP contribution in [-0.2, 0) is 4.79 Å². The van der Waals surface area contributed by atoms with Crippen LogP contribution in [0, 0.1) is 6.92 Å². The minimum absolute atomic E-state index is 0.108. The van der Waals surface area contributed by atoms with Crippen molar-refractivity contribution in [2.45, 2.75) is 6.92 Å². The molecule has 2 rings (SSSR count). The van der Waals surface area contributed by atoms with Gasteiger partial charge < -0.3 is 10.2 Å². The number of amides is 1. The van der Waals surface area contributed by atoms with Gasteiger partial charge in [0.1, 0.15) is 0 Å². The third-order valence-electron chi connectivity index (χ3n) is 2.44. The van der Waals surface area contributed by atoms with Gasteiger partial charge in [0.25, 0.3) is 0 Å². The highest BCUT2D eigenvalue weighted by Crippen LogP contribution is 2.15. The third kappa shape index (κ3) is 1.87. The molecular formula is C11H14N2O. The van der Waals surface area contributed by atoms with E-state index in [1.165, 1.54) is 5.56 Å². The summed E-state index contributed by atoms with van der Waals surface area (Å²) in [6, 6.07) is 8.27. The van der Waals surface area contributed by atoms with E-state index in [0.29, 0.717) is 6.54 Å². The first-order valence-corrected chi connectivity index (χ1v) is 4.84. The first kappa shape index (κ1) is 9.06. The van der Waals surface area contributed by atoms with Gasteiger partial charge in [-0.3, -0.25) is 4.79 Å². The summed E-state index contributed by atoms with van der Waals surface area (Å²) >= 11 is 0. The van der Waals surface area contributed by atoms with Gasteiger partial charge in [-0.05, 0) is 19.1 Å². The minimum Gasteiger partial charge on any atom is -0.360 e. The molecule has 1 aliphatic heterocycles. The van der Waals surface area contributed by atoms with Crippen molar-refractivity contribution in [3.05, 3.63) is 29.8 Å². The van der Waals surface area contributed by atoms with Crippen LogP contribution in [0.2, 0.25) is 0 Å². The number of hydrogen-bond donors (Lipinski definition) is 1. The fourth-order valence-electron chi connectivity index (χ4n) is 1.61. The Kier molecular flexibility index (Phi) is 2.39. The van der Waals surface area contributed by atoms with Crippen LogP contribution in [0.1, 0.15) is 5.56 Å². The van der Waals surface area contributed by atoms with Crippen LogP contribution in [0.25, 0.3) is 0 Å². The van der Waals surface area contributed by atoms with Crippen LogP contribution < -0.4 is 10.2 Å². The highest BCUT2D eigenvalue weighted by atomic mass is 16.2. The highest BCUT2D eigenvalue weighted by Gasteiger charge is 2.15. The zero-order valence-corrected chi connectivity index (χ0v) is 8.29. The van der Waals surface area contributed by atoms with Gasteiger partial charge in [-0.2, -0.15) is 0 Å². The summed E-state index contributed by atoms with van der Waals surface area (Å²) in [6.07, 6.45) is 0. The van der Waals surface area contributed by atoms with Crippen molar-refractivity contribution in [2.24, 2.45) is 0 Å². The van der Waals surface area contributed by atoms with Gasteiger partial charge in [0.2, 0.25) is 5.91 Å². The summed E-state index contributed by atoms with van der Waals surface area (Å²) in [5.74, 6) is 0.108. The summed E-state index contributed by atoms with van der Waals surface area (Å²) in [4.78, 5) is 13.3. The summed E-state index contributed by atoms with van der Waals surface area (Å²) in [5, 5.41) is 2.81. The zero-order chi connectivity index (χ0) is 9.97. The standard InChI is InChI=1S/C11H14N2O/c1-9-2-4-10(5-3-9)13-7-6-12-11(14)8-13/h2-5H,6-8H2,1H3,(H,12,14). The summed E-state index contributed by atoms with van der Waals surface area (Å²) in [7, 11) is 0. The molecule has 0 radical (unpaired) electrons. The number of carbonyl (C=O) groups excluding carboxylic acids is 1. The highest BCUT2D eigenvalue weighted by molar-refractivity contribution is 5.82. The van der Waals surface area contributed by atoms with Gasteiger partial charge in [0.05, 0.1) is 6.54 Å². The van der Waals surface area contributed by atoms with E-state index in [1.807, 2.05) is 0 Å². The molecule has 1 N–H and O–H groups in total. The second kappa shape index (κ2) is 3.70. The molecule has 1 fully saturated rings. The SMILES string of the molecule is Cc1ccc(N2CCNC(=O)C2)cc1. The molecule has 0 aromatic heterocycles. The number of nitrogens with one attached hydrogen (secondary N) is 1. The molecule has 0 atom stereocenters.